The molecule has 3 saturated heterocycles. The monoisotopic (exact) mass is 382 g/mol. The van der Waals surface area contributed by atoms with Gasteiger partial charge in [0.2, 0.25) is 5.91 Å². The molecule has 0 saturated carbocycles. The predicted molar refractivity (Wildman–Crippen MR) is 103 cm³/mol. The number of aliphatic hydroxyl groups excluding tert-OH is 1. The Morgan fingerprint density at radius 3 is 2.96 bits per heavy atom. The molecular formula is C21H26N4O3. The van der Waals surface area contributed by atoms with Gasteiger partial charge in [0.15, 0.2) is 0 Å². The largest absolute Gasteiger partial charge is 0.394 e. The second-order valence-electron chi connectivity index (χ2n) is 8.52. The van der Waals surface area contributed by atoms with Crippen LogP contribution < -0.4 is 0 Å². The molecular weight excluding hydrogens is 356 g/mol. The summed E-state index contributed by atoms with van der Waals surface area (Å²) in [6.45, 7) is 3.22. The molecule has 0 unspecified atom stereocenters. The Hall–Kier alpha value is -2.41. The van der Waals surface area contributed by atoms with Crippen molar-refractivity contribution in [3.05, 3.63) is 35.7 Å². The Morgan fingerprint density at radius 2 is 2.14 bits per heavy atom. The summed E-state index contributed by atoms with van der Waals surface area (Å²) in [4.78, 5) is 29.8. The summed E-state index contributed by atoms with van der Waals surface area (Å²) in [5.74, 6) is 0.598. The van der Waals surface area contributed by atoms with Gasteiger partial charge in [0.1, 0.15) is 0 Å². The first-order valence-electron chi connectivity index (χ1n) is 10.2. The van der Waals surface area contributed by atoms with Gasteiger partial charge in [-0.2, -0.15) is 5.10 Å². The van der Waals surface area contributed by atoms with E-state index >= 15 is 0 Å². The van der Waals surface area contributed by atoms with Crippen molar-refractivity contribution in [1.82, 2.24) is 19.4 Å². The lowest BCUT2D eigenvalue weighted by atomic mass is 9.72. The minimum absolute atomic E-state index is 0.00581. The van der Waals surface area contributed by atoms with Crippen LogP contribution >= 0.6 is 0 Å². The van der Waals surface area contributed by atoms with Gasteiger partial charge in [-0.05, 0) is 49.7 Å². The number of hydrogen-bond acceptors (Lipinski definition) is 4. The molecule has 148 valence electrons. The average Bonchev–Trinajstić information content (AvgIpc) is 3.14. The number of likely N-dealkylation sites (tertiary alicyclic amines) is 1. The van der Waals surface area contributed by atoms with Crippen LogP contribution in [0.1, 0.15) is 41.6 Å². The topological polar surface area (TPSA) is 78.2 Å². The lowest BCUT2D eigenvalue weighted by Gasteiger charge is -2.56. The molecule has 2 amide bonds. The maximum Gasteiger partial charge on any atom is 0.257 e. The van der Waals surface area contributed by atoms with Gasteiger partial charge < -0.3 is 14.9 Å². The first-order chi connectivity index (χ1) is 13.6. The summed E-state index contributed by atoms with van der Waals surface area (Å²) in [6, 6.07) is 3.90. The molecule has 0 radical (unpaired) electrons. The molecule has 3 fully saturated rings. The molecule has 2 bridgehead atoms. The van der Waals surface area contributed by atoms with Gasteiger partial charge in [-0.1, -0.05) is 6.07 Å². The molecule has 7 heteroatoms. The van der Waals surface area contributed by atoms with Crippen LogP contribution in [0.25, 0.3) is 5.52 Å². The normalized spacial score (nSPS) is 29.9. The zero-order chi connectivity index (χ0) is 19.4. The highest BCUT2D eigenvalue weighted by molar-refractivity contribution is 6.01. The van der Waals surface area contributed by atoms with Gasteiger partial charge in [-0.3, -0.25) is 9.59 Å². The standard InChI is InChI=1S/C21H26N4O3/c1-13-4-3-7-24-20(13)16(9-22-24)21(28)23-10-14-8-15(11-23)18(12-26)25-17(14)5-2-6-19(25)27/h3-4,7,9,14-15,17-18,26H,2,5-6,8,10-12H2,1H3/t14-,15+,17+,18+/m1/s1. The summed E-state index contributed by atoms with van der Waals surface area (Å²) in [6.07, 6.45) is 6.96. The summed E-state index contributed by atoms with van der Waals surface area (Å²) in [5.41, 5.74) is 2.52. The first-order valence-corrected chi connectivity index (χ1v) is 10.2. The van der Waals surface area contributed by atoms with E-state index in [0.717, 1.165) is 30.3 Å². The average molecular weight is 382 g/mol. The fourth-order valence-electron chi connectivity index (χ4n) is 5.72. The van der Waals surface area contributed by atoms with E-state index in [2.05, 4.69) is 5.10 Å². The number of fused-ring (bicyclic) bond motifs is 5. The molecule has 7 nitrogen and oxygen atoms in total. The van der Waals surface area contributed by atoms with Crippen molar-refractivity contribution >= 4 is 17.3 Å². The van der Waals surface area contributed by atoms with Crippen molar-refractivity contribution in [2.24, 2.45) is 11.8 Å². The molecule has 3 aliphatic heterocycles. The Bertz CT molecular complexity index is 925. The number of nitrogens with zero attached hydrogens (tertiary/aromatic N) is 4. The lowest BCUT2D eigenvalue weighted by molar-refractivity contribution is -0.154. The maximum atomic E-state index is 13.4. The fourth-order valence-corrected chi connectivity index (χ4v) is 5.72. The van der Waals surface area contributed by atoms with Crippen molar-refractivity contribution in [2.75, 3.05) is 19.7 Å². The number of carbonyl (C=O) groups excluding carboxylic acids is 2. The third-order valence-electron chi connectivity index (χ3n) is 6.94. The Balaban J connectivity index is 1.46. The Morgan fingerprint density at radius 1 is 1.32 bits per heavy atom. The summed E-state index contributed by atoms with van der Waals surface area (Å²) in [7, 11) is 0. The molecule has 3 aliphatic rings. The van der Waals surface area contributed by atoms with Gasteiger partial charge in [-0.15, -0.1) is 0 Å². The van der Waals surface area contributed by atoms with Crippen LogP contribution in [0.15, 0.2) is 24.5 Å². The highest BCUT2D eigenvalue weighted by Gasteiger charge is 2.50. The number of aromatic nitrogens is 2. The summed E-state index contributed by atoms with van der Waals surface area (Å²) in [5, 5.41) is 14.4. The molecule has 5 rings (SSSR count). The van der Waals surface area contributed by atoms with E-state index < -0.39 is 0 Å². The van der Waals surface area contributed by atoms with Crippen LogP contribution in [-0.2, 0) is 4.79 Å². The van der Waals surface area contributed by atoms with Crippen LogP contribution in [0.3, 0.4) is 0 Å². The number of pyridine rings is 1. The summed E-state index contributed by atoms with van der Waals surface area (Å²) < 4.78 is 1.76. The number of aryl methyl sites for hydroxylation is 1. The van der Waals surface area contributed by atoms with E-state index in [1.54, 1.807) is 10.7 Å². The molecule has 28 heavy (non-hydrogen) atoms. The second-order valence-corrected chi connectivity index (χ2v) is 8.52. The molecule has 0 aliphatic carbocycles. The van der Waals surface area contributed by atoms with Crippen molar-refractivity contribution in [2.45, 2.75) is 44.7 Å². The lowest BCUT2D eigenvalue weighted by Crippen LogP contribution is -2.66. The molecule has 2 aromatic heterocycles. The third-order valence-corrected chi connectivity index (χ3v) is 6.94. The number of rotatable bonds is 2. The molecule has 1 N–H and O–H groups in total. The fraction of sp³-hybridized carbons (Fsp3) is 0.571. The molecule has 0 spiro atoms. The van der Waals surface area contributed by atoms with E-state index in [0.29, 0.717) is 25.1 Å². The van der Waals surface area contributed by atoms with E-state index in [1.807, 2.05) is 35.1 Å². The van der Waals surface area contributed by atoms with Crippen LogP contribution in [-0.4, -0.2) is 68.1 Å². The van der Waals surface area contributed by atoms with Gasteiger partial charge in [0, 0.05) is 31.7 Å². The molecule has 4 atom stereocenters. The Labute approximate surface area is 163 Å². The molecule has 0 aromatic carbocycles. The van der Waals surface area contributed by atoms with E-state index in [9.17, 15) is 14.7 Å². The number of aliphatic hydroxyl groups is 1. The van der Waals surface area contributed by atoms with Crippen molar-refractivity contribution in [3.63, 3.8) is 0 Å². The minimum Gasteiger partial charge on any atom is -0.394 e. The Kier molecular flexibility index (Phi) is 4.16. The van der Waals surface area contributed by atoms with Crippen molar-refractivity contribution in [1.29, 1.82) is 0 Å². The van der Waals surface area contributed by atoms with Crippen molar-refractivity contribution < 1.29 is 14.7 Å². The smallest absolute Gasteiger partial charge is 0.257 e. The number of carbonyl (C=O) groups is 2. The number of amides is 2. The predicted octanol–water partition coefficient (Wildman–Crippen LogP) is 1.48. The minimum atomic E-state index is -0.171. The highest BCUT2D eigenvalue weighted by Crippen LogP contribution is 2.41. The maximum absolute atomic E-state index is 13.4. The molecule has 5 heterocycles. The summed E-state index contributed by atoms with van der Waals surface area (Å²) >= 11 is 0. The number of piperidine rings is 3. The second kappa shape index (κ2) is 6.58. The van der Waals surface area contributed by atoms with E-state index in [4.69, 9.17) is 0 Å². The van der Waals surface area contributed by atoms with Gasteiger partial charge in [-0.25, -0.2) is 4.52 Å². The zero-order valence-electron chi connectivity index (χ0n) is 16.1. The highest BCUT2D eigenvalue weighted by atomic mass is 16.3. The zero-order valence-corrected chi connectivity index (χ0v) is 16.1. The van der Waals surface area contributed by atoms with Crippen LogP contribution in [0, 0.1) is 18.8 Å². The molecule has 2 aromatic rings. The number of hydrogen-bond donors (Lipinski definition) is 1. The van der Waals surface area contributed by atoms with Crippen molar-refractivity contribution in [3.8, 4) is 0 Å². The van der Waals surface area contributed by atoms with Gasteiger partial charge in [0.05, 0.1) is 29.9 Å². The quantitative estimate of drug-likeness (QED) is 0.853. The van der Waals surface area contributed by atoms with Crippen LogP contribution in [0.4, 0.5) is 0 Å². The van der Waals surface area contributed by atoms with E-state index in [-0.39, 0.29) is 42.3 Å². The van der Waals surface area contributed by atoms with Crippen LogP contribution in [0.5, 0.6) is 0 Å². The first kappa shape index (κ1) is 17.7. The van der Waals surface area contributed by atoms with E-state index in [1.165, 1.54) is 0 Å². The van der Waals surface area contributed by atoms with Gasteiger partial charge >= 0.3 is 0 Å². The SMILES string of the molecule is Cc1cccn2ncc(C(=O)N3C[C@H]4C[C@@H](C3)[C@H](CO)N3C(=O)CCC[C@@H]43)c12. The van der Waals surface area contributed by atoms with Gasteiger partial charge in [0.25, 0.3) is 5.91 Å². The third kappa shape index (κ3) is 2.56. The van der Waals surface area contributed by atoms with Crippen LogP contribution in [0.2, 0.25) is 0 Å².